The summed E-state index contributed by atoms with van der Waals surface area (Å²) in [6.45, 7) is 4.51. The maximum Gasteiger partial charge on any atom is 0.243 e. The Morgan fingerprint density at radius 2 is 1.95 bits per heavy atom. The molecule has 0 bridgehead atoms. The molecule has 1 aromatic rings. The van der Waals surface area contributed by atoms with Crippen molar-refractivity contribution in [1.82, 2.24) is 9.21 Å². The second-order valence-electron chi connectivity index (χ2n) is 5.65. The number of carbonyl (C=O) groups excluding carboxylic acids is 1. The average molecular weight is 310 g/mol. The standard InChI is InChI=1S/C15H22N2O3S/c1-12-6-8-14(9-7-12)21(19,20)16(3)11-15(18)17-10-4-5-13(17)2/h6-9,13H,4-5,10-11H2,1-3H3/t13-/m1/s1. The van der Waals surface area contributed by atoms with Crippen molar-refractivity contribution in [3.63, 3.8) is 0 Å². The van der Waals surface area contributed by atoms with Gasteiger partial charge < -0.3 is 4.90 Å². The van der Waals surface area contributed by atoms with Crippen LogP contribution >= 0.6 is 0 Å². The van der Waals surface area contributed by atoms with Gasteiger partial charge in [0.1, 0.15) is 0 Å². The molecule has 0 aromatic heterocycles. The van der Waals surface area contributed by atoms with E-state index >= 15 is 0 Å². The van der Waals surface area contributed by atoms with Crippen LogP contribution in [0.25, 0.3) is 0 Å². The van der Waals surface area contributed by atoms with Crippen molar-refractivity contribution in [2.24, 2.45) is 0 Å². The molecule has 6 heteroatoms. The summed E-state index contributed by atoms with van der Waals surface area (Å²) in [5, 5.41) is 0. The number of likely N-dealkylation sites (tertiary alicyclic amines) is 1. The van der Waals surface area contributed by atoms with Crippen LogP contribution in [0.15, 0.2) is 29.2 Å². The molecule has 2 rings (SSSR count). The third-order valence-corrected chi connectivity index (χ3v) is 5.78. The maximum absolute atomic E-state index is 12.4. The first-order valence-corrected chi connectivity index (χ1v) is 8.59. The molecule has 116 valence electrons. The molecule has 1 aliphatic rings. The summed E-state index contributed by atoms with van der Waals surface area (Å²) in [5.41, 5.74) is 0.999. The minimum atomic E-state index is -3.61. The number of aryl methyl sites for hydroxylation is 1. The van der Waals surface area contributed by atoms with Gasteiger partial charge in [0, 0.05) is 19.6 Å². The predicted octanol–water partition coefficient (Wildman–Crippen LogP) is 1.63. The lowest BCUT2D eigenvalue weighted by molar-refractivity contribution is -0.131. The average Bonchev–Trinajstić information content (AvgIpc) is 2.85. The fourth-order valence-electron chi connectivity index (χ4n) is 2.56. The third kappa shape index (κ3) is 3.44. The zero-order chi connectivity index (χ0) is 15.6. The van der Waals surface area contributed by atoms with E-state index in [0.717, 1.165) is 29.3 Å². The van der Waals surface area contributed by atoms with E-state index < -0.39 is 10.0 Å². The second kappa shape index (κ2) is 6.15. The fraction of sp³-hybridized carbons (Fsp3) is 0.533. The number of hydrogen-bond donors (Lipinski definition) is 0. The first kappa shape index (κ1) is 16.0. The van der Waals surface area contributed by atoms with Crippen molar-refractivity contribution in [2.45, 2.75) is 37.6 Å². The summed E-state index contributed by atoms with van der Waals surface area (Å²) in [7, 11) is -2.16. The number of hydrogen-bond acceptors (Lipinski definition) is 3. The molecule has 5 nitrogen and oxygen atoms in total. The van der Waals surface area contributed by atoms with E-state index in [1.54, 1.807) is 29.2 Å². The number of amides is 1. The molecule has 1 fully saturated rings. The summed E-state index contributed by atoms with van der Waals surface area (Å²) >= 11 is 0. The van der Waals surface area contributed by atoms with Gasteiger partial charge in [0.2, 0.25) is 15.9 Å². The topological polar surface area (TPSA) is 57.7 Å². The van der Waals surface area contributed by atoms with E-state index in [1.807, 2.05) is 13.8 Å². The summed E-state index contributed by atoms with van der Waals surface area (Å²) in [6.07, 6.45) is 1.97. The van der Waals surface area contributed by atoms with Gasteiger partial charge in [-0.15, -0.1) is 0 Å². The van der Waals surface area contributed by atoms with Gasteiger partial charge in [-0.05, 0) is 38.8 Å². The van der Waals surface area contributed by atoms with Crippen LogP contribution in [0.3, 0.4) is 0 Å². The Labute approximate surface area is 126 Å². The molecule has 0 N–H and O–H groups in total. The van der Waals surface area contributed by atoms with Crippen LogP contribution in [0, 0.1) is 6.92 Å². The summed E-state index contributed by atoms with van der Waals surface area (Å²) in [4.78, 5) is 14.2. The third-order valence-electron chi connectivity index (χ3n) is 3.96. The molecule has 0 radical (unpaired) electrons. The van der Waals surface area contributed by atoms with Gasteiger partial charge in [0.25, 0.3) is 0 Å². The summed E-state index contributed by atoms with van der Waals surface area (Å²) in [5.74, 6) is -0.127. The molecule has 0 saturated carbocycles. The number of carbonyl (C=O) groups is 1. The number of benzene rings is 1. The second-order valence-corrected chi connectivity index (χ2v) is 7.70. The number of nitrogens with zero attached hydrogens (tertiary/aromatic N) is 2. The molecular weight excluding hydrogens is 288 g/mol. The number of likely N-dealkylation sites (N-methyl/N-ethyl adjacent to an activating group) is 1. The Morgan fingerprint density at radius 1 is 1.33 bits per heavy atom. The van der Waals surface area contributed by atoms with Gasteiger partial charge in [-0.2, -0.15) is 4.31 Å². The van der Waals surface area contributed by atoms with E-state index in [0.29, 0.717) is 0 Å². The molecule has 1 atom stereocenters. The lowest BCUT2D eigenvalue weighted by atomic mass is 10.2. The quantitative estimate of drug-likeness (QED) is 0.849. The van der Waals surface area contributed by atoms with Gasteiger partial charge in [0.15, 0.2) is 0 Å². The molecule has 0 aliphatic carbocycles. The van der Waals surface area contributed by atoms with Gasteiger partial charge >= 0.3 is 0 Å². The highest BCUT2D eigenvalue weighted by atomic mass is 32.2. The molecule has 1 aromatic carbocycles. The van der Waals surface area contributed by atoms with Crippen LogP contribution in [-0.4, -0.2) is 49.7 Å². The SMILES string of the molecule is Cc1ccc(S(=O)(=O)N(C)CC(=O)N2CCC[C@H]2C)cc1. The van der Waals surface area contributed by atoms with Crippen molar-refractivity contribution < 1.29 is 13.2 Å². The van der Waals surface area contributed by atoms with Crippen LogP contribution in [-0.2, 0) is 14.8 Å². The van der Waals surface area contributed by atoms with Crippen molar-refractivity contribution in [3.8, 4) is 0 Å². The Hall–Kier alpha value is -1.40. The van der Waals surface area contributed by atoms with Gasteiger partial charge in [-0.1, -0.05) is 17.7 Å². The van der Waals surface area contributed by atoms with E-state index in [1.165, 1.54) is 7.05 Å². The van der Waals surface area contributed by atoms with Gasteiger partial charge in [-0.25, -0.2) is 8.42 Å². The minimum Gasteiger partial charge on any atom is -0.339 e. The van der Waals surface area contributed by atoms with Crippen LogP contribution in [0.2, 0.25) is 0 Å². The fourth-order valence-corrected chi connectivity index (χ4v) is 3.68. The lowest BCUT2D eigenvalue weighted by Gasteiger charge is -2.24. The summed E-state index contributed by atoms with van der Waals surface area (Å²) < 4.78 is 26.0. The normalized spacial score (nSPS) is 19.2. The zero-order valence-electron chi connectivity index (χ0n) is 12.7. The Balaban J connectivity index is 2.10. The Morgan fingerprint density at radius 3 is 2.48 bits per heavy atom. The smallest absolute Gasteiger partial charge is 0.243 e. The molecule has 1 heterocycles. The van der Waals surface area contributed by atoms with E-state index in [2.05, 4.69) is 0 Å². The zero-order valence-corrected chi connectivity index (χ0v) is 13.6. The van der Waals surface area contributed by atoms with Gasteiger partial charge in [-0.3, -0.25) is 4.79 Å². The van der Waals surface area contributed by atoms with Crippen LogP contribution in [0.4, 0.5) is 0 Å². The highest BCUT2D eigenvalue weighted by molar-refractivity contribution is 7.89. The first-order valence-electron chi connectivity index (χ1n) is 7.15. The molecule has 1 aliphatic heterocycles. The largest absolute Gasteiger partial charge is 0.339 e. The molecule has 21 heavy (non-hydrogen) atoms. The van der Waals surface area contributed by atoms with Gasteiger partial charge in [0.05, 0.1) is 11.4 Å². The molecule has 0 spiro atoms. The van der Waals surface area contributed by atoms with Crippen LogP contribution in [0.1, 0.15) is 25.3 Å². The monoisotopic (exact) mass is 310 g/mol. The molecule has 1 amide bonds. The van der Waals surface area contributed by atoms with Crippen LogP contribution < -0.4 is 0 Å². The van der Waals surface area contributed by atoms with Crippen molar-refractivity contribution in [3.05, 3.63) is 29.8 Å². The lowest BCUT2D eigenvalue weighted by Crippen LogP contribution is -2.42. The van der Waals surface area contributed by atoms with Crippen molar-refractivity contribution in [2.75, 3.05) is 20.1 Å². The number of sulfonamides is 1. The predicted molar refractivity (Wildman–Crippen MR) is 81.4 cm³/mol. The van der Waals surface area contributed by atoms with E-state index in [4.69, 9.17) is 0 Å². The minimum absolute atomic E-state index is 0.111. The first-order chi connectivity index (χ1) is 9.82. The molecule has 0 unspecified atom stereocenters. The van der Waals surface area contributed by atoms with E-state index in [-0.39, 0.29) is 23.4 Å². The Bertz CT molecular complexity index is 610. The number of rotatable bonds is 4. The highest BCUT2D eigenvalue weighted by Crippen LogP contribution is 2.19. The highest BCUT2D eigenvalue weighted by Gasteiger charge is 2.29. The molecular formula is C15H22N2O3S. The van der Waals surface area contributed by atoms with Crippen molar-refractivity contribution >= 4 is 15.9 Å². The summed E-state index contributed by atoms with van der Waals surface area (Å²) in [6, 6.07) is 6.86. The van der Waals surface area contributed by atoms with E-state index in [9.17, 15) is 13.2 Å². The van der Waals surface area contributed by atoms with Crippen molar-refractivity contribution in [1.29, 1.82) is 0 Å². The van der Waals surface area contributed by atoms with Crippen LogP contribution in [0.5, 0.6) is 0 Å². The Kier molecular flexibility index (Phi) is 4.68. The molecule has 1 saturated heterocycles. The maximum atomic E-state index is 12.4.